The van der Waals surface area contributed by atoms with Crippen molar-refractivity contribution in [3.05, 3.63) is 29.8 Å². The standard InChI is InChI=1S/C16H24N2O2/c1-11-10-20-12(2)9-18(11)15(19)16(3,4)13-5-7-14(17)8-6-13/h5-8,11-12H,9-10,17H2,1-4H3. The van der Waals surface area contributed by atoms with Crippen LogP contribution < -0.4 is 5.73 Å². The van der Waals surface area contributed by atoms with Crippen molar-refractivity contribution in [1.29, 1.82) is 0 Å². The first-order valence-corrected chi connectivity index (χ1v) is 7.11. The minimum absolute atomic E-state index is 0.0948. The molecule has 0 bridgehead atoms. The highest BCUT2D eigenvalue weighted by Crippen LogP contribution is 2.28. The van der Waals surface area contributed by atoms with Gasteiger partial charge in [-0.15, -0.1) is 0 Å². The number of nitrogens with two attached hydrogens (primary N) is 1. The number of ether oxygens (including phenoxy) is 1. The van der Waals surface area contributed by atoms with Gasteiger partial charge in [-0.2, -0.15) is 0 Å². The zero-order valence-electron chi connectivity index (χ0n) is 12.7. The van der Waals surface area contributed by atoms with Crippen LogP contribution in [0.5, 0.6) is 0 Å². The third-order valence-electron chi connectivity index (χ3n) is 4.04. The first kappa shape index (κ1) is 14.9. The van der Waals surface area contributed by atoms with Gasteiger partial charge in [-0.25, -0.2) is 0 Å². The van der Waals surface area contributed by atoms with E-state index >= 15 is 0 Å². The number of benzene rings is 1. The second-order valence-electron chi connectivity index (χ2n) is 6.20. The van der Waals surface area contributed by atoms with Crippen molar-refractivity contribution < 1.29 is 9.53 Å². The van der Waals surface area contributed by atoms with Crippen LogP contribution in [0.1, 0.15) is 33.3 Å². The lowest BCUT2D eigenvalue weighted by Gasteiger charge is -2.41. The monoisotopic (exact) mass is 276 g/mol. The molecule has 2 rings (SSSR count). The Balaban J connectivity index is 2.23. The normalized spacial score (nSPS) is 23.7. The van der Waals surface area contributed by atoms with Crippen molar-refractivity contribution in [2.24, 2.45) is 0 Å². The smallest absolute Gasteiger partial charge is 0.233 e. The van der Waals surface area contributed by atoms with Crippen molar-refractivity contribution in [1.82, 2.24) is 4.90 Å². The lowest BCUT2D eigenvalue weighted by atomic mass is 9.82. The van der Waals surface area contributed by atoms with Crippen molar-refractivity contribution in [3.8, 4) is 0 Å². The van der Waals surface area contributed by atoms with Gasteiger partial charge in [0.05, 0.1) is 24.2 Å². The molecule has 1 amide bonds. The molecule has 1 saturated heterocycles. The summed E-state index contributed by atoms with van der Waals surface area (Å²) in [6.07, 6.45) is 0.0948. The van der Waals surface area contributed by atoms with E-state index in [1.165, 1.54) is 0 Å². The van der Waals surface area contributed by atoms with Crippen LogP contribution in [-0.4, -0.2) is 36.1 Å². The van der Waals surface area contributed by atoms with Crippen LogP contribution in [0, 0.1) is 0 Å². The minimum atomic E-state index is -0.557. The summed E-state index contributed by atoms with van der Waals surface area (Å²) >= 11 is 0. The maximum absolute atomic E-state index is 12.9. The zero-order chi connectivity index (χ0) is 14.9. The van der Waals surface area contributed by atoms with Gasteiger partial charge in [0.15, 0.2) is 0 Å². The highest BCUT2D eigenvalue weighted by atomic mass is 16.5. The average Bonchev–Trinajstić information content (AvgIpc) is 2.41. The van der Waals surface area contributed by atoms with Gasteiger partial charge in [0, 0.05) is 12.2 Å². The number of hydrogen-bond donors (Lipinski definition) is 1. The van der Waals surface area contributed by atoms with Crippen molar-refractivity contribution in [2.45, 2.75) is 45.3 Å². The van der Waals surface area contributed by atoms with Gasteiger partial charge in [-0.05, 0) is 45.4 Å². The molecule has 1 heterocycles. The molecule has 0 radical (unpaired) electrons. The maximum atomic E-state index is 12.9. The van der Waals surface area contributed by atoms with Crippen LogP contribution >= 0.6 is 0 Å². The zero-order valence-corrected chi connectivity index (χ0v) is 12.7. The third kappa shape index (κ3) is 2.80. The molecule has 1 aliphatic rings. The Bertz CT molecular complexity index is 482. The van der Waals surface area contributed by atoms with Crippen molar-refractivity contribution >= 4 is 11.6 Å². The van der Waals surface area contributed by atoms with E-state index in [1.54, 1.807) is 0 Å². The predicted octanol–water partition coefficient (Wildman–Crippen LogP) is 2.18. The highest BCUT2D eigenvalue weighted by molar-refractivity contribution is 5.87. The van der Waals surface area contributed by atoms with Crippen LogP contribution in [-0.2, 0) is 14.9 Å². The van der Waals surface area contributed by atoms with Gasteiger partial charge in [0.2, 0.25) is 5.91 Å². The number of morpholine rings is 1. The first-order valence-electron chi connectivity index (χ1n) is 7.11. The molecule has 0 aliphatic carbocycles. The minimum Gasteiger partial charge on any atom is -0.399 e. The summed E-state index contributed by atoms with van der Waals surface area (Å²) in [6, 6.07) is 7.67. The van der Waals surface area contributed by atoms with Gasteiger partial charge in [0.25, 0.3) is 0 Å². The number of rotatable bonds is 2. The van der Waals surface area contributed by atoms with Gasteiger partial charge < -0.3 is 15.4 Å². The highest BCUT2D eigenvalue weighted by Gasteiger charge is 2.38. The molecule has 0 spiro atoms. The number of nitrogens with zero attached hydrogens (tertiary/aromatic N) is 1. The van der Waals surface area contributed by atoms with Crippen LogP contribution in [0.25, 0.3) is 0 Å². The Kier molecular flexibility index (Phi) is 4.04. The molecular formula is C16H24N2O2. The topological polar surface area (TPSA) is 55.6 Å². The van der Waals surface area contributed by atoms with Gasteiger partial charge in [-0.3, -0.25) is 4.79 Å². The van der Waals surface area contributed by atoms with E-state index < -0.39 is 5.41 Å². The fraction of sp³-hybridized carbons (Fsp3) is 0.562. The summed E-state index contributed by atoms with van der Waals surface area (Å²) in [5, 5.41) is 0. The fourth-order valence-electron chi connectivity index (χ4n) is 2.57. The van der Waals surface area contributed by atoms with Crippen molar-refractivity contribution in [3.63, 3.8) is 0 Å². The first-order chi connectivity index (χ1) is 9.32. The summed E-state index contributed by atoms with van der Waals surface area (Å²) in [7, 11) is 0. The van der Waals surface area contributed by atoms with Crippen LogP contribution in [0.15, 0.2) is 24.3 Å². The molecule has 4 heteroatoms. The van der Waals surface area contributed by atoms with E-state index in [1.807, 2.05) is 56.9 Å². The van der Waals surface area contributed by atoms with E-state index in [0.717, 1.165) is 5.56 Å². The van der Waals surface area contributed by atoms with E-state index in [0.29, 0.717) is 18.8 Å². The molecule has 2 atom stereocenters. The molecular weight excluding hydrogens is 252 g/mol. The molecule has 20 heavy (non-hydrogen) atoms. The Labute approximate surface area is 120 Å². The number of nitrogen functional groups attached to an aromatic ring is 1. The van der Waals surface area contributed by atoms with Crippen LogP contribution in [0.4, 0.5) is 5.69 Å². The van der Waals surface area contributed by atoms with E-state index in [9.17, 15) is 4.79 Å². The quantitative estimate of drug-likeness (QED) is 0.842. The van der Waals surface area contributed by atoms with Gasteiger partial charge in [0.1, 0.15) is 0 Å². The average molecular weight is 276 g/mol. The number of hydrogen-bond acceptors (Lipinski definition) is 3. The molecule has 2 N–H and O–H groups in total. The molecule has 1 aliphatic heterocycles. The lowest BCUT2D eigenvalue weighted by molar-refractivity contribution is -0.148. The second kappa shape index (κ2) is 5.44. The molecule has 2 unspecified atom stereocenters. The number of amides is 1. The molecule has 1 aromatic rings. The number of carbonyl (C=O) groups is 1. The number of anilines is 1. The number of carbonyl (C=O) groups excluding carboxylic acids is 1. The molecule has 0 aromatic heterocycles. The summed E-state index contributed by atoms with van der Waals surface area (Å²) in [5.41, 5.74) is 6.86. The maximum Gasteiger partial charge on any atom is 0.233 e. The van der Waals surface area contributed by atoms with Gasteiger partial charge in [-0.1, -0.05) is 12.1 Å². The summed E-state index contributed by atoms with van der Waals surface area (Å²) in [6.45, 7) is 9.22. The van der Waals surface area contributed by atoms with E-state index in [2.05, 4.69) is 0 Å². The van der Waals surface area contributed by atoms with Crippen LogP contribution in [0.2, 0.25) is 0 Å². The molecule has 110 valence electrons. The van der Waals surface area contributed by atoms with E-state index in [-0.39, 0.29) is 18.1 Å². The Hall–Kier alpha value is -1.55. The summed E-state index contributed by atoms with van der Waals surface area (Å²) in [5.74, 6) is 0.143. The third-order valence-corrected chi connectivity index (χ3v) is 4.04. The molecule has 1 aromatic carbocycles. The largest absolute Gasteiger partial charge is 0.399 e. The molecule has 1 fully saturated rings. The van der Waals surface area contributed by atoms with Crippen molar-refractivity contribution in [2.75, 3.05) is 18.9 Å². The summed E-state index contributed by atoms with van der Waals surface area (Å²) < 4.78 is 5.59. The Morgan fingerprint density at radius 1 is 1.30 bits per heavy atom. The van der Waals surface area contributed by atoms with E-state index in [4.69, 9.17) is 10.5 Å². The molecule has 0 saturated carbocycles. The van der Waals surface area contributed by atoms with Gasteiger partial charge >= 0.3 is 0 Å². The SMILES string of the molecule is CC1CN(C(=O)C(C)(C)c2ccc(N)cc2)C(C)CO1. The predicted molar refractivity (Wildman–Crippen MR) is 80.5 cm³/mol. The Morgan fingerprint density at radius 2 is 1.90 bits per heavy atom. The molecule has 4 nitrogen and oxygen atoms in total. The summed E-state index contributed by atoms with van der Waals surface area (Å²) in [4.78, 5) is 14.8. The van der Waals surface area contributed by atoms with Crippen LogP contribution in [0.3, 0.4) is 0 Å². The second-order valence-corrected chi connectivity index (χ2v) is 6.20. The fourth-order valence-corrected chi connectivity index (χ4v) is 2.57. The lowest BCUT2D eigenvalue weighted by Crippen LogP contribution is -2.55. The Morgan fingerprint density at radius 3 is 2.50 bits per heavy atom.